The molecule has 0 aromatic heterocycles. The first kappa shape index (κ1) is 9.68. The van der Waals surface area contributed by atoms with Crippen LogP contribution in [-0.4, -0.2) is 16.0 Å². The Bertz CT molecular complexity index is 67.3. The van der Waals surface area contributed by atoms with Crippen molar-refractivity contribution >= 4 is 53.3 Å². The highest BCUT2D eigenvalue weighted by molar-refractivity contribution is 14.1. The van der Waals surface area contributed by atoms with Crippen LogP contribution in [0.4, 0.5) is 0 Å². The second-order valence-corrected chi connectivity index (χ2v) is 12.0. The maximum atomic E-state index is 2.57. The molecule has 1 atom stereocenters. The third kappa shape index (κ3) is 3.65. The van der Waals surface area contributed by atoms with Crippen LogP contribution in [0.1, 0.15) is 0 Å². The Morgan fingerprint density at radius 3 is 1.75 bits per heavy atom. The molecule has 0 rings (SSSR count). The molecule has 0 saturated carbocycles. The van der Waals surface area contributed by atoms with E-state index in [0.717, 1.165) is 3.55 Å². The number of alkyl halides is 2. The van der Waals surface area contributed by atoms with Gasteiger partial charge in [-0.05, 0) is 0 Å². The van der Waals surface area contributed by atoms with Gasteiger partial charge in [-0.25, -0.2) is 0 Å². The summed E-state index contributed by atoms with van der Waals surface area (Å²) in [6, 6.07) is 0. The average molecular weight is 354 g/mol. The van der Waals surface area contributed by atoms with E-state index in [1.54, 1.807) is 0 Å². The van der Waals surface area contributed by atoms with E-state index in [1.807, 2.05) is 0 Å². The number of hydrogen-bond acceptors (Lipinski definition) is 0. The summed E-state index contributed by atoms with van der Waals surface area (Å²) in [5.41, 5.74) is 0. The molecule has 50 valence electrons. The van der Waals surface area contributed by atoms with Gasteiger partial charge >= 0.3 is 0 Å². The van der Waals surface area contributed by atoms with Gasteiger partial charge in [0.15, 0.2) is 0 Å². The van der Waals surface area contributed by atoms with Gasteiger partial charge in [0.2, 0.25) is 0 Å². The smallest absolute Gasteiger partial charge is 0.0595 e. The Morgan fingerprint density at radius 1 is 1.38 bits per heavy atom. The lowest BCUT2D eigenvalue weighted by molar-refractivity contribution is 1.39. The van der Waals surface area contributed by atoms with Gasteiger partial charge in [0.25, 0.3) is 0 Å². The fourth-order valence-electron chi connectivity index (χ4n) is 0.231. The molecule has 0 heterocycles. The van der Waals surface area contributed by atoms with Crippen molar-refractivity contribution in [2.45, 2.75) is 23.2 Å². The Balaban J connectivity index is 3.62. The molecular formula is C5H12I2Si. The number of hydrogen-bond donors (Lipinski definition) is 0. The zero-order chi connectivity index (χ0) is 6.78. The highest BCUT2D eigenvalue weighted by atomic mass is 127. The summed E-state index contributed by atoms with van der Waals surface area (Å²) in [5.74, 6) is 0. The van der Waals surface area contributed by atoms with Crippen molar-refractivity contribution in [2.75, 3.05) is 4.43 Å². The first-order valence-electron chi connectivity index (χ1n) is 2.68. The van der Waals surface area contributed by atoms with Crippen LogP contribution in [0.3, 0.4) is 0 Å². The van der Waals surface area contributed by atoms with E-state index in [-0.39, 0.29) is 0 Å². The van der Waals surface area contributed by atoms with Gasteiger partial charge in [0.05, 0.1) is 8.07 Å². The van der Waals surface area contributed by atoms with Crippen LogP contribution < -0.4 is 0 Å². The second kappa shape index (κ2) is 3.75. The first-order chi connectivity index (χ1) is 3.48. The van der Waals surface area contributed by atoms with E-state index < -0.39 is 8.07 Å². The van der Waals surface area contributed by atoms with Crippen molar-refractivity contribution in [1.82, 2.24) is 0 Å². The van der Waals surface area contributed by atoms with Gasteiger partial charge < -0.3 is 0 Å². The largest absolute Gasteiger partial charge is 0.0856 e. The maximum absolute atomic E-state index is 2.57. The van der Waals surface area contributed by atoms with Gasteiger partial charge in [-0.15, -0.1) is 0 Å². The van der Waals surface area contributed by atoms with E-state index in [1.165, 1.54) is 4.43 Å². The number of halogens is 2. The maximum Gasteiger partial charge on any atom is 0.0595 e. The standard InChI is InChI=1S/C5H12I2Si/c1-8(2,3)5(7)4-6/h5H,4H2,1-3H3. The van der Waals surface area contributed by atoms with Crippen molar-refractivity contribution in [3.05, 3.63) is 0 Å². The average Bonchev–Trinajstić information content (AvgIpc) is 1.62. The highest BCUT2D eigenvalue weighted by Crippen LogP contribution is 2.18. The quantitative estimate of drug-likeness (QED) is 0.406. The van der Waals surface area contributed by atoms with Crippen LogP contribution in [-0.2, 0) is 0 Å². The fourth-order valence-corrected chi connectivity index (χ4v) is 4.66. The van der Waals surface area contributed by atoms with Crippen LogP contribution in [0.15, 0.2) is 0 Å². The van der Waals surface area contributed by atoms with Gasteiger partial charge in [-0.2, -0.15) is 0 Å². The summed E-state index contributed by atoms with van der Waals surface area (Å²) in [7, 11) is -0.781. The molecule has 0 nitrogen and oxygen atoms in total. The van der Waals surface area contributed by atoms with E-state index in [0.29, 0.717) is 0 Å². The van der Waals surface area contributed by atoms with Crippen molar-refractivity contribution in [1.29, 1.82) is 0 Å². The minimum Gasteiger partial charge on any atom is -0.0856 e. The van der Waals surface area contributed by atoms with Crippen molar-refractivity contribution < 1.29 is 0 Å². The summed E-state index contributed by atoms with van der Waals surface area (Å²) >= 11 is 5.03. The Hall–Kier alpha value is 1.68. The van der Waals surface area contributed by atoms with E-state index in [9.17, 15) is 0 Å². The first-order valence-corrected chi connectivity index (χ1v) is 9.03. The fraction of sp³-hybridized carbons (Fsp3) is 1.00. The lowest BCUT2D eigenvalue weighted by Gasteiger charge is -2.20. The van der Waals surface area contributed by atoms with Crippen LogP contribution in [0, 0.1) is 0 Å². The molecular weight excluding hydrogens is 342 g/mol. The third-order valence-electron chi connectivity index (χ3n) is 1.08. The topological polar surface area (TPSA) is 0 Å². The van der Waals surface area contributed by atoms with Gasteiger partial charge in [0.1, 0.15) is 0 Å². The van der Waals surface area contributed by atoms with E-state index >= 15 is 0 Å². The van der Waals surface area contributed by atoms with E-state index in [4.69, 9.17) is 0 Å². The molecule has 0 aliphatic heterocycles. The van der Waals surface area contributed by atoms with Gasteiger partial charge in [0, 0.05) is 7.98 Å². The molecule has 0 aliphatic rings. The molecule has 0 fully saturated rings. The summed E-state index contributed by atoms with van der Waals surface area (Å²) in [6.07, 6.45) is 0. The lowest BCUT2D eigenvalue weighted by Crippen LogP contribution is -2.34. The molecule has 1 unspecified atom stereocenters. The molecule has 0 aliphatic carbocycles. The second-order valence-electron chi connectivity index (χ2n) is 2.99. The molecule has 0 spiro atoms. The van der Waals surface area contributed by atoms with Crippen LogP contribution in [0.5, 0.6) is 0 Å². The minimum atomic E-state index is -0.781. The summed E-state index contributed by atoms with van der Waals surface area (Å²) in [6.45, 7) is 7.26. The summed E-state index contributed by atoms with van der Waals surface area (Å²) in [5, 5.41) is 0. The molecule has 3 heteroatoms. The molecule has 0 radical (unpaired) electrons. The van der Waals surface area contributed by atoms with E-state index in [2.05, 4.69) is 64.8 Å². The molecule has 0 aromatic carbocycles. The predicted octanol–water partition coefficient (Wildman–Crippen LogP) is 3.10. The SMILES string of the molecule is C[Si](C)(C)C(I)CI. The van der Waals surface area contributed by atoms with Gasteiger partial charge in [-0.1, -0.05) is 64.8 Å². The van der Waals surface area contributed by atoms with Crippen LogP contribution >= 0.6 is 45.2 Å². The molecule has 0 N–H and O–H groups in total. The van der Waals surface area contributed by atoms with Crippen molar-refractivity contribution in [2.24, 2.45) is 0 Å². The number of rotatable bonds is 2. The normalized spacial score (nSPS) is 16.1. The Labute approximate surface area is 80.1 Å². The molecule has 0 bridgehead atoms. The van der Waals surface area contributed by atoms with Crippen LogP contribution in [0.2, 0.25) is 19.6 Å². The molecule has 0 amide bonds. The lowest BCUT2D eigenvalue weighted by atomic mass is 11.0. The minimum absolute atomic E-state index is 0.781. The zero-order valence-corrected chi connectivity index (χ0v) is 10.9. The van der Waals surface area contributed by atoms with Gasteiger partial charge in [-0.3, -0.25) is 0 Å². The Kier molecular flexibility index (Phi) is 4.54. The monoisotopic (exact) mass is 354 g/mol. The third-order valence-corrected chi connectivity index (χ3v) is 12.6. The summed E-state index contributed by atoms with van der Waals surface area (Å²) < 4.78 is 2.26. The molecule has 0 saturated heterocycles. The van der Waals surface area contributed by atoms with Crippen molar-refractivity contribution in [3.63, 3.8) is 0 Å². The summed E-state index contributed by atoms with van der Waals surface area (Å²) in [4.78, 5) is 0. The highest BCUT2D eigenvalue weighted by Gasteiger charge is 2.21. The predicted molar refractivity (Wildman–Crippen MR) is 60.0 cm³/mol. The molecule has 0 aromatic rings. The zero-order valence-electron chi connectivity index (χ0n) is 5.54. The Morgan fingerprint density at radius 2 is 1.75 bits per heavy atom. The molecule has 8 heavy (non-hydrogen) atoms. The van der Waals surface area contributed by atoms with Crippen molar-refractivity contribution in [3.8, 4) is 0 Å². The van der Waals surface area contributed by atoms with Crippen LogP contribution in [0.25, 0.3) is 0 Å².